The molecule has 0 spiro atoms. The van der Waals surface area contributed by atoms with Crippen molar-refractivity contribution in [1.82, 2.24) is 15.2 Å². The van der Waals surface area contributed by atoms with E-state index >= 15 is 0 Å². The molecule has 6 nitrogen and oxygen atoms in total. The van der Waals surface area contributed by atoms with Gasteiger partial charge in [-0.05, 0) is 48.6 Å². The Hall–Kier alpha value is -3.67. The smallest absolute Gasteiger partial charge is 0.260 e. The van der Waals surface area contributed by atoms with E-state index in [0.717, 1.165) is 16.7 Å². The zero-order valence-corrected chi connectivity index (χ0v) is 18.9. The van der Waals surface area contributed by atoms with Crippen LogP contribution in [0.3, 0.4) is 0 Å². The first-order valence-electron chi connectivity index (χ1n) is 11.3. The number of rotatable bonds is 7. The largest absolute Gasteiger partial charge is 0.484 e. The molecular weight excluding hydrogens is 414 g/mol. The van der Waals surface area contributed by atoms with Crippen molar-refractivity contribution < 1.29 is 14.3 Å². The van der Waals surface area contributed by atoms with E-state index < -0.39 is 5.41 Å². The van der Waals surface area contributed by atoms with Gasteiger partial charge >= 0.3 is 0 Å². The van der Waals surface area contributed by atoms with Crippen LogP contribution in [0, 0.1) is 5.41 Å². The highest BCUT2D eigenvalue weighted by Crippen LogP contribution is 2.38. The number of hydrogen-bond acceptors (Lipinski definition) is 4. The van der Waals surface area contributed by atoms with E-state index in [2.05, 4.69) is 22.4 Å². The van der Waals surface area contributed by atoms with Crippen molar-refractivity contribution in [3.63, 3.8) is 0 Å². The summed E-state index contributed by atoms with van der Waals surface area (Å²) in [5.74, 6) is 0.644. The Bertz CT molecular complexity index is 1080. The number of ether oxygens (including phenoxy) is 1. The summed E-state index contributed by atoms with van der Waals surface area (Å²) in [4.78, 5) is 31.8. The van der Waals surface area contributed by atoms with E-state index in [-0.39, 0.29) is 18.4 Å². The maximum absolute atomic E-state index is 13.1. The lowest BCUT2D eigenvalue weighted by Gasteiger charge is -2.41. The van der Waals surface area contributed by atoms with E-state index in [0.29, 0.717) is 38.1 Å². The van der Waals surface area contributed by atoms with Crippen LogP contribution in [0.25, 0.3) is 11.1 Å². The summed E-state index contributed by atoms with van der Waals surface area (Å²) in [5, 5.41) is 2.87. The molecule has 6 heteroatoms. The molecule has 0 saturated carbocycles. The minimum Gasteiger partial charge on any atom is -0.484 e. The van der Waals surface area contributed by atoms with Crippen LogP contribution in [0.2, 0.25) is 0 Å². The fraction of sp³-hybridized carbons (Fsp3) is 0.296. The molecule has 2 amide bonds. The number of para-hydroxylation sites is 1. The van der Waals surface area contributed by atoms with Gasteiger partial charge in [0.05, 0.1) is 5.41 Å². The molecule has 1 fully saturated rings. The lowest BCUT2D eigenvalue weighted by molar-refractivity contribution is -0.141. The number of carbonyl (C=O) groups excluding carboxylic acids is 2. The van der Waals surface area contributed by atoms with Crippen LogP contribution in [-0.4, -0.2) is 48.4 Å². The molecule has 1 saturated heterocycles. The number of hydrogen-bond donors (Lipinski definition) is 1. The first kappa shape index (κ1) is 22.5. The maximum Gasteiger partial charge on any atom is 0.260 e. The number of amides is 2. The molecule has 1 aromatic heterocycles. The Balaban J connectivity index is 1.47. The third kappa shape index (κ3) is 5.22. The van der Waals surface area contributed by atoms with Gasteiger partial charge in [0.25, 0.3) is 5.91 Å². The van der Waals surface area contributed by atoms with E-state index in [1.54, 1.807) is 18.1 Å². The molecule has 0 radical (unpaired) electrons. The summed E-state index contributed by atoms with van der Waals surface area (Å²) >= 11 is 0. The van der Waals surface area contributed by atoms with Gasteiger partial charge in [-0.1, -0.05) is 48.5 Å². The van der Waals surface area contributed by atoms with Gasteiger partial charge in [0.1, 0.15) is 5.75 Å². The van der Waals surface area contributed by atoms with E-state index in [1.165, 1.54) is 0 Å². The minimum absolute atomic E-state index is 0.000822. The Morgan fingerprint density at radius 3 is 2.42 bits per heavy atom. The second-order valence-corrected chi connectivity index (χ2v) is 8.42. The van der Waals surface area contributed by atoms with Crippen LogP contribution in [0.4, 0.5) is 0 Å². The SMILES string of the molecule is CNC(=O)C1(Cc2ccccc2-c2cccnc2)CCN(C(=O)COc2ccccc2)CC1. The summed E-state index contributed by atoms with van der Waals surface area (Å²) in [6.07, 6.45) is 5.42. The van der Waals surface area contributed by atoms with Crippen molar-refractivity contribution in [3.05, 3.63) is 84.7 Å². The quantitative estimate of drug-likeness (QED) is 0.604. The van der Waals surface area contributed by atoms with Crippen molar-refractivity contribution in [2.24, 2.45) is 5.41 Å². The molecule has 2 aromatic carbocycles. The van der Waals surface area contributed by atoms with Crippen LogP contribution < -0.4 is 10.1 Å². The highest BCUT2D eigenvalue weighted by atomic mass is 16.5. The van der Waals surface area contributed by atoms with E-state index in [1.807, 2.05) is 60.8 Å². The molecular formula is C27H29N3O3. The van der Waals surface area contributed by atoms with E-state index in [9.17, 15) is 9.59 Å². The van der Waals surface area contributed by atoms with Crippen LogP contribution in [0.15, 0.2) is 79.1 Å². The molecule has 1 aliphatic rings. The van der Waals surface area contributed by atoms with Gasteiger partial charge in [-0.25, -0.2) is 0 Å². The molecule has 0 unspecified atom stereocenters. The number of pyridine rings is 1. The highest BCUT2D eigenvalue weighted by molar-refractivity contribution is 5.84. The standard InChI is InChI=1S/C27H29N3O3/c1-28-26(32)27(18-21-8-5-6-12-24(21)22-9-7-15-29-19-22)13-16-30(17-14-27)25(31)20-33-23-10-3-2-4-11-23/h2-12,15,19H,13-14,16-18,20H2,1H3,(H,28,32). The first-order chi connectivity index (χ1) is 16.1. The summed E-state index contributed by atoms with van der Waals surface area (Å²) in [6, 6.07) is 21.4. The monoisotopic (exact) mass is 443 g/mol. The van der Waals surface area contributed by atoms with Crippen LogP contribution >= 0.6 is 0 Å². The predicted molar refractivity (Wildman–Crippen MR) is 128 cm³/mol. The van der Waals surface area contributed by atoms with Gasteiger partial charge in [-0.3, -0.25) is 14.6 Å². The average Bonchev–Trinajstić information content (AvgIpc) is 2.88. The molecule has 170 valence electrons. The van der Waals surface area contributed by atoms with Crippen molar-refractivity contribution in [2.45, 2.75) is 19.3 Å². The number of benzene rings is 2. The molecule has 33 heavy (non-hydrogen) atoms. The number of likely N-dealkylation sites (tertiary alicyclic amines) is 1. The third-order valence-corrected chi connectivity index (χ3v) is 6.41. The van der Waals surface area contributed by atoms with E-state index in [4.69, 9.17) is 4.74 Å². The lowest BCUT2D eigenvalue weighted by Crippen LogP contribution is -2.51. The van der Waals surface area contributed by atoms with Gasteiger partial charge in [0, 0.05) is 38.1 Å². The maximum atomic E-state index is 13.1. The zero-order chi connectivity index (χ0) is 23.1. The fourth-order valence-corrected chi connectivity index (χ4v) is 4.53. The van der Waals surface area contributed by atoms with Gasteiger partial charge in [-0.2, -0.15) is 0 Å². The fourth-order valence-electron chi connectivity index (χ4n) is 4.53. The van der Waals surface area contributed by atoms with Crippen molar-refractivity contribution in [1.29, 1.82) is 0 Å². The lowest BCUT2D eigenvalue weighted by atomic mass is 9.72. The molecule has 1 aliphatic heterocycles. The van der Waals surface area contributed by atoms with Crippen LogP contribution in [-0.2, 0) is 16.0 Å². The highest BCUT2D eigenvalue weighted by Gasteiger charge is 2.42. The Morgan fingerprint density at radius 1 is 1.00 bits per heavy atom. The van der Waals surface area contributed by atoms with Crippen molar-refractivity contribution in [3.8, 4) is 16.9 Å². The van der Waals surface area contributed by atoms with Gasteiger partial charge in [0.15, 0.2) is 6.61 Å². The Morgan fingerprint density at radius 2 is 1.73 bits per heavy atom. The Kier molecular flexibility index (Phi) is 7.03. The summed E-state index contributed by atoms with van der Waals surface area (Å²) in [6.45, 7) is 1.06. The summed E-state index contributed by atoms with van der Waals surface area (Å²) in [5.41, 5.74) is 2.67. The molecule has 1 N–H and O–H groups in total. The number of carbonyl (C=O) groups is 2. The second-order valence-electron chi connectivity index (χ2n) is 8.42. The zero-order valence-electron chi connectivity index (χ0n) is 18.9. The Labute approximate surface area is 194 Å². The number of nitrogens with one attached hydrogen (secondary N) is 1. The van der Waals surface area contributed by atoms with Gasteiger partial charge in [0.2, 0.25) is 5.91 Å². The molecule has 3 aromatic rings. The van der Waals surface area contributed by atoms with Crippen LogP contribution in [0.1, 0.15) is 18.4 Å². The van der Waals surface area contributed by atoms with Crippen LogP contribution in [0.5, 0.6) is 5.75 Å². The number of aromatic nitrogens is 1. The molecule has 4 rings (SSSR count). The predicted octanol–water partition coefficient (Wildman–Crippen LogP) is 3.72. The average molecular weight is 444 g/mol. The summed E-state index contributed by atoms with van der Waals surface area (Å²) < 4.78 is 5.63. The normalized spacial score (nSPS) is 15.0. The number of nitrogens with zero attached hydrogens (tertiary/aromatic N) is 2. The summed E-state index contributed by atoms with van der Waals surface area (Å²) in [7, 11) is 1.68. The second kappa shape index (κ2) is 10.3. The third-order valence-electron chi connectivity index (χ3n) is 6.41. The van der Waals surface area contributed by atoms with Gasteiger partial charge in [-0.15, -0.1) is 0 Å². The van der Waals surface area contributed by atoms with Crippen molar-refractivity contribution in [2.75, 3.05) is 26.7 Å². The van der Waals surface area contributed by atoms with Crippen molar-refractivity contribution >= 4 is 11.8 Å². The molecule has 0 atom stereocenters. The van der Waals surface area contributed by atoms with Gasteiger partial charge < -0.3 is 15.0 Å². The molecule has 2 heterocycles. The topological polar surface area (TPSA) is 71.5 Å². The first-order valence-corrected chi connectivity index (χ1v) is 11.3. The minimum atomic E-state index is -0.565. The number of piperidine rings is 1. The molecule has 0 aliphatic carbocycles. The molecule has 0 bridgehead atoms.